The van der Waals surface area contributed by atoms with E-state index in [-0.39, 0.29) is 5.41 Å². The Balaban J connectivity index is 2.36. The maximum atomic E-state index is 12.2. The van der Waals surface area contributed by atoms with Crippen LogP contribution in [0.4, 0.5) is 0 Å². The molecule has 0 heterocycles. The summed E-state index contributed by atoms with van der Waals surface area (Å²) in [6, 6.07) is 0. The molecule has 3 atom stereocenters. The molecule has 0 spiro atoms. The SMILES string of the molecule is C[C@H]1CCC(=O)[C@@]2(C)CCC(C(C)(C)O)=C[C@H]12. The Bertz CT molecular complexity index is 362. The Morgan fingerprint density at radius 2 is 2.06 bits per heavy atom. The Hall–Kier alpha value is -0.630. The minimum absolute atomic E-state index is 0.174. The molecule has 2 rings (SSSR count). The third-order valence-electron chi connectivity index (χ3n) is 4.89. The van der Waals surface area contributed by atoms with Crippen LogP contribution in [-0.4, -0.2) is 16.5 Å². The van der Waals surface area contributed by atoms with Crippen LogP contribution in [-0.2, 0) is 4.79 Å². The maximum Gasteiger partial charge on any atom is 0.139 e. The predicted octanol–water partition coefficient (Wildman–Crippen LogP) is 3.10. The van der Waals surface area contributed by atoms with Gasteiger partial charge in [0.05, 0.1) is 5.60 Å². The van der Waals surface area contributed by atoms with Crippen LogP contribution in [0, 0.1) is 17.3 Å². The highest BCUT2D eigenvalue weighted by Crippen LogP contribution is 2.50. The molecule has 0 unspecified atom stereocenters. The van der Waals surface area contributed by atoms with Gasteiger partial charge in [0.2, 0.25) is 0 Å². The van der Waals surface area contributed by atoms with Gasteiger partial charge in [-0.05, 0) is 50.5 Å². The molecule has 0 bridgehead atoms. The number of allylic oxidation sites excluding steroid dienone is 1. The van der Waals surface area contributed by atoms with Crippen molar-refractivity contribution < 1.29 is 9.90 Å². The van der Waals surface area contributed by atoms with Crippen molar-refractivity contribution in [2.24, 2.45) is 17.3 Å². The van der Waals surface area contributed by atoms with Crippen LogP contribution in [0.3, 0.4) is 0 Å². The topological polar surface area (TPSA) is 37.3 Å². The number of carbonyl (C=O) groups excluding carboxylic acids is 1. The van der Waals surface area contributed by atoms with Crippen molar-refractivity contribution in [2.45, 2.75) is 59.0 Å². The Labute approximate surface area is 104 Å². The molecule has 0 radical (unpaired) electrons. The molecular formula is C15H24O2. The number of ketones is 1. The zero-order chi connectivity index (χ0) is 12.8. The quantitative estimate of drug-likeness (QED) is 0.710. The second kappa shape index (κ2) is 3.94. The van der Waals surface area contributed by atoms with Crippen LogP contribution in [0.5, 0.6) is 0 Å². The van der Waals surface area contributed by atoms with Crippen LogP contribution in [0.15, 0.2) is 11.6 Å². The van der Waals surface area contributed by atoms with Gasteiger partial charge in [-0.15, -0.1) is 0 Å². The molecule has 2 nitrogen and oxygen atoms in total. The zero-order valence-corrected chi connectivity index (χ0v) is 11.4. The molecule has 1 saturated carbocycles. The van der Waals surface area contributed by atoms with Crippen molar-refractivity contribution in [1.29, 1.82) is 0 Å². The maximum absolute atomic E-state index is 12.2. The van der Waals surface area contributed by atoms with E-state index in [4.69, 9.17) is 0 Å². The van der Waals surface area contributed by atoms with Crippen LogP contribution in [0.1, 0.15) is 53.4 Å². The summed E-state index contributed by atoms with van der Waals surface area (Å²) in [5.41, 5.74) is 0.204. The second-order valence-electron chi connectivity index (χ2n) is 6.63. The summed E-state index contributed by atoms with van der Waals surface area (Å²) in [5.74, 6) is 1.29. The van der Waals surface area contributed by atoms with Crippen LogP contribution < -0.4 is 0 Å². The molecule has 2 aliphatic carbocycles. The third kappa shape index (κ3) is 2.08. The van der Waals surface area contributed by atoms with Crippen molar-refractivity contribution in [1.82, 2.24) is 0 Å². The van der Waals surface area contributed by atoms with Gasteiger partial charge in [-0.25, -0.2) is 0 Å². The van der Waals surface area contributed by atoms with E-state index < -0.39 is 5.60 Å². The molecule has 0 saturated heterocycles. The number of Topliss-reactive ketones (excluding diaryl/α,β-unsaturated/α-hetero) is 1. The summed E-state index contributed by atoms with van der Waals surface area (Å²) >= 11 is 0. The second-order valence-corrected chi connectivity index (χ2v) is 6.63. The van der Waals surface area contributed by atoms with Crippen LogP contribution >= 0.6 is 0 Å². The summed E-state index contributed by atoms with van der Waals surface area (Å²) in [6.45, 7) is 8.04. The molecule has 0 aliphatic heterocycles. The normalized spacial score (nSPS) is 38.6. The number of fused-ring (bicyclic) bond motifs is 1. The van der Waals surface area contributed by atoms with E-state index in [1.165, 1.54) is 0 Å². The highest BCUT2D eigenvalue weighted by atomic mass is 16.3. The molecule has 17 heavy (non-hydrogen) atoms. The highest BCUT2D eigenvalue weighted by Gasteiger charge is 2.48. The number of hydrogen-bond donors (Lipinski definition) is 1. The Morgan fingerprint density at radius 1 is 1.41 bits per heavy atom. The molecule has 1 N–H and O–H groups in total. The molecule has 0 aromatic heterocycles. The number of rotatable bonds is 1. The summed E-state index contributed by atoms with van der Waals surface area (Å²) < 4.78 is 0. The van der Waals surface area contributed by atoms with Gasteiger partial charge in [0.25, 0.3) is 0 Å². The summed E-state index contributed by atoms with van der Waals surface area (Å²) in [5, 5.41) is 10.1. The zero-order valence-electron chi connectivity index (χ0n) is 11.4. The van der Waals surface area contributed by atoms with Gasteiger partial charge in [-0.1, -0.05) is 19.9 Å². The van der Waals surface area contributed by atoms with Gasteiger partial charge in [-0.3, -0.25) is 4.79 Å². The average Bonchev–Trinajstić information content (AvgIpc) is 2.22. The monoisotopic (exact) mass is 236 g/mol. The largest absolute Gasteiger partial charge is 0.386 e. The number of hydrogen-bond acceptors (Lipinski definition) is 2. The predicted molar refractivity (Wildman–Crippen MR) is 68.6 cm³/mol. The number of carbonyl (C=O) groups is 1. The average molecular weight is 236 g/mol. The first-order valence-electron chi connectivity index (χ1n) is 6.72. The Morgan fingerprint density at radius 3 is 2.65 bits per heavy atom. The van der Waals surface area contributed by atoms with E-state index in [9.17, 15) is 9.90 Å². The molecule has 96 valence electrons. The lowest BCUT2D eigenvalue weighted by molar-refractivity contribution is -0.135. The number of aliphatic hydroxyl groups is 1. The molecule has 1 fully saturated rings. The van der Waals surface area contributed by atoms with Gasteiger partial charge < -0.3 is 5.11 Å². The van der Waals surface area contributed by atoms with E-state index in [2.05, 4.69) is 19.9 Å². The van der Waals surface area contributed by atoms with E-state index >= 15 is 0 Å². The summed E-state index contributed by atoms with van der Waals surface area (Å²) in [4.78, 5) is 12.2. The third-order valence-corrected chi connectivity index (χ3v) is 4.89. The van der Waals surface area contributed by atoms with Gasteiger partial charge >= 0.3 is 0 Å². The fourth-order valence-electron chi connectivity index (χ4n) is 3.50. The molecule has 2 aliphatic rings. The van der Waals surface area contributed by atoms with Gasteiger partial charge in [0.15, 0.2) is 0 Å². The van der Waals surface area contributed by atoms with Crippen LogP contribution in [0.2, 0.25) is 0 Å². The van der Waals surface area contributed by atoms with Crippen molar-refractivity contribution in [3.8, 4) is 0 Å². The van der Waals surface area contributed by atoms with Crippen molar-refractivity contribution in [3.63, 3.8) is 0 Å². The Kier molecular flexibility index (Phi) is 2.97. The van der Waals surface area contributed by atoms with Crippen molar-refractivity contribution >= 4 is 5.78 Å². The molecule has 0 aromatic carbocycles. The van der Waals surface area contributed by atoms with Gasteiger partial charge in [0, 0.05) is 11.8 Å². The van der Waals surface area contributed by atoms with Gasteiger partial charge in [0.1, 0.15) is 5.78 Å². The smallest absolute Gasteiger partial charge is 0.139 e. The summed E-state index contributed by atoms with van der Waals surface area (Å²) in [6.07, 6.45) is 5.69. The van der Waals surface area contributed by atoms with Crippen molar-refractivity contribution in [3.05, 3.63) is 11.6 Å². The molecule has 0 amide bonds. The van der Waals surface area contributed by atoms with Crippen LogP contribution in [0.25, 0.3) is 0 Å². The summed E-state index contributed by atoms with van der Waals surface area (Å²) in [7, 11) is 0. The first-order valence-corrected chi connectivity index (χ1v) is 6.72. The minimum Gasteiger partial charge on any atom is -0.386 e. The molecule has 2 heteroatoms. The highest BCUT2D eigenvalue weighted by molar-refractivity contribution is 5.86. The van der Waals surface area contributed by atoms with E-state index in [0.717, 1.165) is 31.3 Å². The van der Waals surface area contributed by atoms with Crippen molar-refractivity contribution in [2.75, 3.05) is 0 Å². The first kappa shape index (κ1) is 12.8. The first-order chi connectivity index (χ1) is 7.75. The minimum atomic E-state index is -0.735. The lowest BCUT2D eigenvalue weighted by atomic mass is 9.57. The molecule has 0 aromatic rings. The lowest BCUT2D eigenvalue weighted by Gasteiger charge is -2.47. The standard InChI is InChI=1S/C15H24O2/c1-10-5-6-13(16)15(4)8-7-11(9-12(10)15)14(2,3)17/h9-10,12,17H,5-8H2,1-4H3/t10-,12+,15-/m0/s1. The van der Waals surface area contributed by atoms with E-state index in [0.29, 0.717) is 17.6 Å². The fraction of sp³-hybridized carbons (Fsp3) is 0.800. The van der Waals surface area contributed by atoms with E-state index in [1.54, 1.807) is 0 Å². The lowest BCUT2D eigenvalue weighted by Crippen LogP contribution is -2.45. The fourth-order valence-corrected chi connectivity index (χ4v) is 3.50. The van der Waals surface area contributed by atoms with E-state index in [1.807, 2.05) is 13.8 Å². The molecular weight excluding hydrogens is 212 g/mol. The van der Waals surface area contributed by atoms with Gasteiger partial charge in [-0.2, -0.15) is 0 Å².